The van der Waals surface area contributed by atoms with Gasteiger partial charge in [-0.3, -0.25) is 0 Å². The molecule has 1 aromatic heterocycles. The van der Waals surface area contributed by atoms with E-state index in [1.54, 1.807) is 12.1 Å². The van der Waals surface area contributed by atoms with Crippen LogP contribution in [0.15, 0.2) is 17.4 Å². The molecule has 0 spiro atoms. The number of nitrogens with two attached hydrogens (primary N) is 1. The Morgan fingerprint density at radius 1 is 1.67 bits per heavy atom. The molecule has 0 aromatic carbocycles. The second kappa shape index (κ2) is 3.34. The van der Waals surface area contributed by atoms with E-state index in [1.807, 2.05) is 0 Å². The van der Waals surface area contributed by atoms with Gasteiger partial charge in [0.25, 0.3) is 0 Å². The minimum absolute atomic E-state index is 0.256. The van der Waals surface area contributed by atoms with Gasteiger partial charge in [-0.2, -0.15) is 5.53 Å². The van der Waals surface area contributed by atoms with E-state index < -0.39 is 0 Å². The first-order valence-corrected chi connectivity index (χ1v) is 3.13. The Morgan fingerprint density at radius 3 is 2.92 bits per heavy atom. The summed E-state index contributed by atoms with van der Waals surface area (Å²) in [5.74, 6) is 3.03. The summed E-state index contributed by atoms with van der Waals surface area (Å²) in [5, 5.41) is 2.93. The van der Waals surface area contributed by atoms with E-state index in [-0.39, 0.29) is 5.82 Å². The topological polar surface area (TPSA) is 87.2 Å². The Hall–Kier alpha value is -2.09. The van der Waals surface area contributed by atoms with Gasteiger partial charge in [0, 0.05) is 0 Å². The number of terminal acetylenes is 1. The zero-order chi connectivity index (χ0) is 8.97. The van der Waals surface area contributed by atoms with E-state index in [4.69, 9.17) is 17.7 Å². The van der Waals surface area contributed by atoms with Gasteiger partial charge in [-0.25, -0.2) is 10.4 Å². The Labute approximate surface area is 69.5 Å². The normalized spacial score (nSPS) is 8.58. The Bertz CT molecular complexity index is 338. The smallest absolute Gasteiger partial charge is 0.150 e. The number of hydrogen-bond donors (Lipinski definition) is 3. The summed E-state index contributed by atoms with van der Waals surface area (Å²) in [5.41, 5.74) is 14.8. The fourth-order valence-electron chi connectivity index (χ4n) is 0.717. The monoisotopic (exact) mass is 161 g/mol. The van der Waals surface area contributed by atoms with Crippen molar-refractivity contribution < 1.29 is 0 Å². The van der Waals surface area contributed by atoms with Crippen molar-refractivity contribution in [3.8, 4) is 12.3 Å². The number of nitrogen functional groups attached to an aromatic ring is 1. The first kappa shape index (κ1) is 8.01. The Kier molecular flexibility index (Phi) is 2.23. The second-order valence-electron chi connectivity index (χ2n) is 2.00. The lowest BCUT2D eigenvalue weighted by molar-refractivity contribution is 1.04. The molecule has 0 fully saturated rings. The largest absolute Gasteiger partial charge is 0.383 e. The average molecular weight is 161 g/mol. The van der Waals surface area contributed by atoms with E-state index in [0.29, 0.717) is 11.4 Å². The van der Waals surface area contributed by atoms with Gasteiger partial charge in [0.1, 0.15) is 11.6 Å². The lowest BCUT2D eigenvalue weighted by atomic mass is 10.2. The van der Waals surface area contributed by atoms with Gasteiger partial charge in [-0.05, 0) is 12.1 Å². The molecule has 5 heteroatoms. The molecule has 1 rings (SSSR count). The second-order valence-corrected chi connectivity index (χ2v) is 2.00. The molecule has 0 aliphatic heterocycles. The van der Waals surface area contributed by atoms with Crippen LogP contribution in [0.1, 0.15) is 5.56 Å². The highest BCUT2D eigenvalue weighted by atomic mass is 15.4. The summed E-state index contributed by atoms with van der Waals surface area (Å²) in [6.45, 7) is 0. The fraction of sp³-hybridized carbons (Fsp3) is 0. The number of rotatable bonds is 2. The van der Waals surface area contributed by atoms with Gasteiger partial charge in [-0.15, -0.1) is 6.42 Å². The van der Waals surface area contributed by atoms with Crippen LogP contribution >= 0.6 is 0 Å². The van der Waals surface area contributed by atoms with Crippen LogP contribution in [0.5, 0.6) is 0 Å². The van der Waals surface area contributed by atoms with E-state index in [2.05, 4.69) is 21.6 Å². The SMILES string of the molecule is C#Cc1ccc(NN=N)nc1N. The highest BCUT2D eigenvalue weighted by molar-refractivity contribution is 5.54. The van der Waals surface area contributed by atoms with Gasteiger partial charge in [0.05, 0.1) is 5.56 Å². The van der Waals surface area contributed by atoms with Gasteiger partial charge in [-0.1, -0.05) is 11.1 Å². The zero-order valence-electron chi connectivity index (χ0n) is 6.20. The van der Waals surface area contributed by atoms with Crippen LogP contribution in [0, 0.1) is 17.9 Å². The van der Waals surface area contributed by atoms with E-state index in [1.165, 1.54) is 0 Å². The molecule has 0 saturated carbocycles. The molecular formula is C7H7N5. The first-order valence-electron chi connectivity index (χ1n) is 3.13. The molecule has 0 amide bonds. The van der Waals surface area contributed by atoms with Crippen molar-refractivity contribution in [1.82, 2.24) is 4.98 Å². The molecular weight excluding hydrogens is 154 g/mol. The highest BCUT2D eigenvalue weighted by Crippen LogP contribution is 2.11. The maximum Gasteiger partial charge on any atom is 0.150 e. The molecule has 1 heterocycles. The predicted molar refractivity (Wildman–Crippen MR) is 45.4 cm³/mol. The summed E-state index contributed by atoms with van der Waals surface area (Å²) >= 11 is 0. The van der Waals surface area contributed by atoms with Crippen LogP contribution in [-0.4, -0.2) is 4.98 Å². The van der Waals surface area contributed by atoms with E-state index >= 15 is 0 Å². The number of anilines is 2. The highest BCUT2D eigenvalue weighted by Gasteiger charge is 1.98. The molecule has 0 saturated heterocycles. The van der Waals surface area contributed by atoms with Crippen molar-refractivity contribution >= 4 is 11.6 Å². The van der Waals surface area contributed by atoms with Crippen LogP contribution < -0.4 is 11.2 Å². The first-order chi connectivity index (χ1) is 5.77. The zero-order valence-corrected chi connectivity index (χ0v) is 6.20. The summed E-state index contributed by atoms with van der Waals surface area (Å²) in [7, 11) is 0. The maximum atomic E-state index is 6.50. The average Bonchev–Trinajstić information content (AvgIpc) is 2.05. The molecule has 60 valence electrons. The Balaban J connectivity index is 3.03. The van der Waals surface area contributed by atoms with Crippen molar-refractivity contribution in [3.63, 3.8) is 0 Å². The van der Waals surface area contributed by atoms with Crippen LogP contribution in [0.25, 0.3) is 0 Å². The van der Waals surface area contributed by atoms with Gasteiger partial charge in [0.15, 0.2) is 0 Å². The molecule has 0 aliphatic rings. The van der Waals surface area contributed by atoms with Gasteiger partial charge in [0.2, 0.25) is 0 Å². The fourth-order valence-corrected chi connectivity index (χ4v) is 0.717. The predicted octanol–water partition coefficient (Wildman–Crippen LogP) is 1.00. The Morgan fingerprint density at radius 2 is 2.42 bits per heavy atom. The van der Waals surface area contributed by atoms with Crippen molar-refractivity contribution in [2.75, 3.05) is 11.2 Å². The lowest BCUT2D eigenvalue weighted by Gasteiger charge is -2.00. The van der Waals surface area contributed by atoms with Crippen LogP contribution in [0.2, 0.25) is 0 Å². The summed E-state index contributed by atoms with van der Waals surface area (Å²) in [6, 6.07) is 3.24. The van der Waals surface area contributed by atoms with Gasteiger partial charge < -0.3 is 5.73 Å². The van der Waals surface area contributed by atoms with Crippen LogP contribution in [-0.2, 0) is 0 Å². The number of nitrogens with one attached hydrogen (secondary N) is 2. The molecule has 12 heavy (non-hydrogen) atoms. The molecule has 0 bridgehead atoms. The van der Waals surface area contributed by atoms with Crippen molar-refractivity contribution in [2.45, 2.75) is 0 Å². The lowest BCUT2D eigenvalue weighted by Crippen LogP contribution is -1.98. The van der Waals surface area contributed by atoms with Crippen molar-refractivity contribution in [2.24, 2.45) is 5.22 Å². The summed E-state index contributed by atoms with van der Waals surface area (Å²) in [6.07, 6.45) is 5.12. The number of aromatic nitrogens is 1. The van der Waals surface area contributed by atoms with Crippen molar-refractivity contribution in [1.29, 1.82) is 5.53 Å². The molecule has 5 nitrogen and oxygen atoms in total. The maximum absolute atomic E-state index is 6.50. The van der Waals surface area contributed by atoms with Crippen molar-refractivity contribution in [3.05, 3.63) is 17.7 Å². The van der Waals surface area contributed by atoms with Crippen LogP contribution in [0.4, 0.5) is 11.6 Å². The summed E-state index contributed by atoms with van der Waals surface area (Å²) in [4.78, 5) is 3.84. The quantitative estimate of drug-likeness (QED) is 0.343. The molecule has 0 aliphatic carbocycles. The third-order valence-electron chi connectivity index (χ3n) is 1.25. The van der Waals surface area contributed by atoms with Gasteiger partial charge >= 0.3 is 0 Å². The molecule has 0 radical (unpaired) electrons. The number of hydrogen-bond acceptors (Lipinski definition) is 4. The van der Waals surface area contributed by atoms with E-state index in [9.17, 15) is 0 Å². The minimum Gasteiger partial charge on any atom is -0.383 e. The number of nitrogens with zero attached hydrogens (tertiary/aromatic N) is 2. The molecule has 0 atom stereocenters. The third kappa shape index (κ3) is 1.49. The standard InChI is InChI=1S/C7H7N5/c1-2-5-3-4-6(11-12-9)10-7(5)8/h1,3-4H,(H4,8,9,10,11). The third-order valence-corrected chi connectivity index (χ3v) is 1.25. The molecule has 1 aromatic rings. The number of pyridine rings is 1. The van der Waals surface area contributed by atoms with Crippen LogP contribution in [0.3, 0.4) is 0 Å². The molecule has 0 unspecified atom stereocenters. The van der Waals surface area contributed by atoms with E-state index in [0.717, 1.165) is 0 Å². The minimum atomic E-state index is 0.256. The molecule has 4 N–H and O–H groups in total. The summed E-state index contributed by atoms with van der Waals surface area (Å²) < 4.78 is 0.